The van der Waals surface area contributed by atoms with E-state index < -0.39 is 0 Å². The zero-order valence-electron chi connectivity index (χ0n) is 12.3. The molecule has 0 aromatic carbocycles. The van der Waals surface area contributed by atoms with Crippen LogP contribution in [0.25, 0.3) is 11.0 Å². The first-order chi connectivity index (χ1) is 10.1. The second kappa shape index (κ2) is 5.42. The summed E-state index contributed by atoms with van der Waals surface area (Å²) in [5.74, 6) is 1.20. The molecule has 0 aliphatic rings. The van der Waals surface area contributed by atoms with Crippen molar-refractivity contribution in [3.05, 3.63) is 34.4 Å². The molecule has 0 amide bonds. The smallest absolute Gasteiger partial charge is 0.163 e. The van der Waals surface area contributed by atoms with Gasteiger partial charge in [-0.3, -0.25) is 9.58 Å². The van der Waals surface area contributed by atoms with Gasteiger partial charge in [-0.2, -0.15) is 5.10 Å². The Hall–Kier alpha value is -1.99. The van der Waals surface area contributed by atoms with Crippen molar-refractivity contribution < 1.29 is 0 Å². The minimum Gasteiger partial charge on any atom is -0.383 e. The first-order valence-electron chi connectivity index (χ1n) is 6.74. The molecule has 0 aliphatic carbocycles. The Morgan fingerprint density at radius 1 is 1.43 bits per heavy atom. The number of nitrogens with zero attached hydrogens (tertiary/aromatic N) is 5. The van der Waals surface area contributed by atoms with E-state index in [1.54, 1.807) is 22.2 Å². The first-order valence-corrected chi connectivity index (χ1v) is 7.62. The minimum atomic E-state index is 0.317. The summed E-state index contributed by atoms with van der Waals surface area (Å²) in [6, 6.07) is 4.53. The van der Waals surface area contributed by atoms with Crippen molar-refractivity contribution in [2.45, 2.75) is 19.5 Å². The molecule has 110 valence electrons. The molecule has 21 heavy (non-hydrogen) atoms. The molecule has 0 saturated heterocycles. The summed E-state index contributed by atoms with van der Waals surface area (Å²) in [6.45, 7) is 2.82. The molecule has 3 aromatic rings. The SMILES string of the molecule is CC(c1cccs1)N(C)Cc1nc(N)c2cnn(C)c2n1. The third-order valence-electron chi connectivity index (χ3n) is 3.67. The quantitative estimate of drug-likeness (QED) is 0.800. The van der Waals surface area contributed by atoms with Gasteiger partial charge < -0.3 is 5.73 Å². The van der Waals surface area contributed by atoms with Gasteiger partial charge in [-0.15, -0.1) is 11.3 Å². The molecule has 0 aliphatic heterocycles. The maximum Gasteiger partial charge on any atom is 0.163 e. The van der Waals surface area contributed by atoms with Crippen LogP contribution in [-0.2, 0) is 13.6 Å². The Labute approximate surface area is 127 Å². The molecule has 6 nitrogen and oxygen atoms in total. The molecule has 2 N–H and O–H groups in total. The van der Waals surface area contributed by atoms with E-state index in [1.807, 2.05) is 7.05 Å². The first kappa shape index (κ1) is 14.0. The number of hydrogen-bond donors (Lipinski definition) is 1. The lowest BCUT2D eigenvalue weighted by molar-refractivity contribution is 0.250. The Balaban J connectivity index is 1.86. The number of rotatable bonds is 4. The number of nitrogen functional groups attached to an aromatic ring is 1. The third-order valence-corrected chi connectivity index (χ3v) is 4.72. The van der Waals surface area contributed by atoms with E-state index in [-0.39, 0.29) is 0 Å². The molecule has 0 radical (unpaired) electrons. The Morgan fingerprint density at radius 2 is 2.24 bits per heavy atom. The molecule has 3 aromatic heterocycles. The Morgan fingerprint density at radius 3 is 2.95 bits per heavy atom. The van der Waals surface area contributed by atoms with Crippen LogP contribution >= 0.6 is 11.3 Å². The van der Waals surface area contributed by atoms with E-state index in [1.165, 1.54) is 4.88 Å². The van der Waals surface area contributed by atoms with Gasteiger partial charge in [0.15, 0.2) is 5.65 Å². The van der Waals surface area contributed by atoms with E-state index in [0.717, 1.165) is 16.9 Å². The molecule has 0 bridgehead atoms. The van der Waals surface area contributed by atoms with Crippen molar-refractivity contribution in [3.8, 4) is 0 Å². The average molecular weight is 302 g/mol. The van der Waals surface area contributed by atoms with Crippen molar-refractivity contribution >= 4 is 28.2 Å². The van der Waals surface area contributed by atoms with E-state index in [0.29, 0.717) is 18.4 Å². The predicted octanol–water partition coefficient (Wildman–Crippen LogP) is 2.20. The van der Waals surface area contributed by atoms with Crippen molar-refractivity contribution in [3.63, 3.8) is 0 Å². The van der Waals surface area contributed by atoms with Gasteiger partial charge in [0.25, 0.3) is 0 Å². The second-order valence-corrected chi connectivity index (χ2v) is 6.12. The van der Waals surface area contributed by atoms with Gasteiger partial charge in [0, 0.05) is 18.0 Å². The molecular formula is C14H18N6S. The van der Waals surface area contributed by atoms with Gasteiger partial charge in [0.2, 0.25) is 0 Å². The highest BCUT2D eigenvalue weighted by Crippen LogP contribution is 2.25. The summed E-state index contributed by atoms with van der Waals surface area (Å²) in [7, 11) is 3.92. The van der Waals surface area contributed by atoms with Crippen LogP contribution in [0.3, 0.4) is 0 Å². The lowest BCUT2D eigenvalue weighted by Crippen LogP contribution is -2.22. The molecule has 0 fully saturated rings. The summed E-state index contributed by atoms with van der Waals surface area (Å²) in [4.78, 5) is 12.5. The van der Waals surface area contributed by atoms with Gasteiger partial charge in [0.1, 0.15) is 11.6 Å². The highest BCUT2D eigenvalue weighted by Gasteiger charge is 2.16. The van der Waals surface area contributed by atoms with Crippen LogP contribution in [-0.4, -0.2) is 31.7 Å². The van der Waals surface area contributed by atoms with Crippen LogP contribution in [0.2, 0.25) is 0 Å². The molecule has 7 heteroatoms. The van der Waals surface area contributed by atoms with Gasteiger partial charge >= 0.3 is 0 Å². The lowest BCUT2D eigenvalue weighted by Gasteiger charge is -2.23. The van der Waals surface area contributed by atoms with Gasteiger partial charge in [-0.1, -0.05) is 6.07 Å². The second-order valence-electron chi connectivity index (χ2n) is 5.14. The van der Waals surface area contributed by atoms with Crippen LogP contribution in [0.4, 0.5) is 5.82 Å². The van der Waals surface area contributed by atoms with Gasteiger partial charge in [0.05, 0.1) is 18.1 Å². The molecule has 3 rings (SSSR count). The number of nitrogens with two attached hydrogens (primary N) is 1. The molecule has 0 saturated carbocycles. The largest absolute Gasteiger partial charge is 0.383 e. The molecule has 3 heterocycles. The number of fused-ring (bicyclic) bond motifs is 1. The normalized spacial score (nSPS) is 13.1. The van der Waals surface area contributed by atoms with Crippen molar-refractivity contribution in [2.24, 2.45) is 7.05 Å². The van der Waals surface area contributed by atoms with Gasteiger partial charge in [-0.05, 0) is 25.4 Å². The third kappa shape index (κ3) is 2.62. The fourth-order valence-corrected chi connectivity index (χ4v) is 3.12. The summed E-state index contributed by atoms with van der Waals surface area (Å²) >= 11 is 1.76. The molecule has 0 spiro atoms. The molecule has 1 atom stereocenters. The maximum atomic E-state index is 6.00. The van der Waals surface area contributed by atoms with Crippen LogP contribution in [0, 0.1) is 0 Å². The molecule has 1 unspecified atom stereocenters. The number of thiophene rings is 1. The topological polar surface area (TPSA) is 72.9 Å². The fraction of sp³-hybridized carbons (Fsp3) is 0.357. The summed E-state index contributed by atoms with van der Waals surface area (Å²) in [5, 5.41) is 7.07. The highest BCUT2D eigenvalue weighted by molar-refractivity contribution is 7.10. The number of hydrogen-bond acceptors (Lipinski definition) is 6. The van der Waals surface area contributed by atoms with Gasteiger partial charge in [-0.25, -0.2) is 9.97 Å². The average Bonchev–Trinajstić information content (AvgIpc) is 3.09. The minimum absolute atomic E-state index is 0.317. The molecular weight excluding hydrogens is 284 g/mol. The maximum absolute atomic E-state index is 6.00. The van der Waals surface area contributed by atoms with Crippen LogP contribution < -0.4 is 5.73 Å². The number of anilines is 1. The van der Waals surface area contributed by atoms with Crippen LogP contribution in [0.5, 0.6) is 0 Å². The Kier molecular flexibility index (Phi) is 3.60. The summed E-state index contributed by atoms with van der Waals surface area (Å²) in [5.41, 5.74) is 6.77. The Bertz CT molecular complexity index is 748. The van der Waals surface area contributed by atoms with Crippen molar-refractivity contribution in [1.29, 1.82) is 0 Å². The summed E-state index contributed by atoms with van der Waals surface area (Å²) < 4.78 is 1.72. The zero-order chi connectivity index (χ0) is 15.0. The highest BCUT2D eigenvalue weighted by atomic mass is 32.1. The lowest BCUT2D eigenvalue weighted by atomic mass is 10.2. The van der Waals surface area contributed by atoms with E-state index in [4.69, 9.17) is 5.73 Å². The number of aryl methyl sites for hydroxylation is 1. The summed E-state index contributed by atoms with van der Waals surface area (Å²) in [6.07, 6.45) is 1.70. The van der Waals surface area contributed by atoms with E-state index in [9.17, 15) is 0 Å². The van der Waals surface area contributed by atoms with E-state index >= 15 is 0 Å². The van der Waals surface area contributed by atoms with Crippen molar-refractivity contribution in [2.75, 3.05) is 12.8 Å². The number of aromatic nitrogens is 4. The monoisotopic (exact) mass is 302 g/mol. The van der Waals surface area contributed by atoms with E-state index in [2.05, 4.69) is 51.5 Å². The zero-order valence-corrected chi connectivity index (χ0v) is 13.1. The van der Waals surface area contributed by atoms with Crippen LogP contribution in [0.1, 0.15) is 23.7 Å². The van der Waals surface area contributed by atoms with Crippen LogP contribution in [0.15, 0.2) is 23.7 Å². The fourth-order valence-electron chi connectivity index (χ4n) is 2.27. The predicted molar refractivity (Wildman–Crippen MR) is 84.9 cm³/mol. The van der Waals surface area contributed by atoms with Crippen molar-refractivity contribution in [1.82, 2.24) is 24.6 Å². The standard InChI is InChI=1S/C14H18N6S/c1-9(11-5-4-6-21-11)19(2)8-12-17-13(15)10-7-16-20(3)14(10)18-12/h4-7,9H,8H2,1-3H3,(H2,15,17,18).